The minimum absolute atomic E-state index is 0.184. The molecule has 0 aromatic rings. The predicted molar refractivity (Wildman–Crippen MR) is 214 cm³/mol. The van der Waals surface area contributed by atoms with Crippen LogP contribution in [0.25, 0.3) is 0 Å². The Hall–Kier alpha value is -0.560. The highest BCUT2D eigenvalue weighted by molar-refractivity contribution is 5.10. The van der Waals surface area contributed by atoms with Crippen molar-refractivity contribution in [1.29, 1.82) is 0 Å². The third-order valence-corrected chi connectivity index (χ3v) is 17.1. The van der Waals surface area contributed by atoms with Gasteiger partial charge in [-0.2, -0.15) is 0 Å². The molecule has 8 N–H and O–H groups in total. The molecular weight excluding hydrogens is 764 g/mol. The molecule has 7 rings (SSSR count). The van der Waals surface area contributed by atoms with Gasteiger partial charge >= 0.3 is 0 Å². The lowest BCUT2D eigenvalue weighted by molar-refractivity contribution is -0.389. The van der Waals surface area contributed by atoms with Crippen molar-refractivity contribution in [2.45, 2.75) is 224 Å². The van der Waals surface area contributed by atoms with E-state index in [0.717, 1.165) is 55.3 Å². The minimum Gasteiger partial charge on any atom is -0.394 e. The van der Waals surface area contributed by atoms with Gasteiger partial charge in [-0.25, -0.2) is 0 Å². The summed E-state index contributed by atoms with van der Waals surface area (Å²) in [5.74, 6) is 4.97. The molecule has 0 radical (unpaired) electrons. The van der Waals surface area contributed by atoms with Crippen LogP contribution in [0.1, 0.15) is 126 Å². The van der Waals surface area contributed by atoms with Crippen molar-refractivity contribution in [3.8, 4) is 0 Å². The molecule has 7 fully saturated rings. The van der Waals surface area contributed by atoms with Gasteiger partial charge in [-0.05, 0) is 124 Å². The summed E-state index contributed by atoms with van der Waals surface area (Å²) in [6, 6.07) is 0. The Bertz CT molecular complexity index is 1370. The quantitative estimate of drug-likeness (QED) is 0.133. The number of aliphatic hydroxyl groups is 8. The van der Waals surface area contributed by atoms with Gasteiger partial charge in [0, 0.05) is 0 Å². The van der Waals surface area contributed by atoms with Crippen molar-refractivity contribution in [1.82, 2.24) is 0 Å². The van der Waals surface area contributed by atoms with E-state index >= 15 is 0 Å². The zero-order valence-electron chi connectivity index (χ0n) is 36.5. The van der Waals surface area contributed by atoms with Crippen LogP contribution >= 0.6 is 0 Å². The van der Waals surface area contributed by atoms with E-state index in [1.165, 1.54) is 65.2 Å². The Morgan fingerprint density at radius 1 is 0.593 bits per heavy atom. The smallest absolute Gasteiger partial charge is 0.187 e. The molecule has 3 saturated heterocycles. The summed E-state index contributed by atoms with van der Waals surface area (Å²) in [5.41, 5.74) is 0.604. The predicted octanol–water partition coefficient (Wildman–Crippen LogP) is 3.00. The van der Waals surface area contributed by atoms with Crippen LogP contribution in [-0.2, 0) is 28.4 Å². The molecular formula is C45H78O14. The number of ether oxygens (including phenoxy) is 6. The Balaban J connectivity index is 1.05. The molecule has 3 heterocycles. The fourth-order valence-electron chi connectivity index (χ4n) is 13.6. The Morgan fingerprint density at radius 2 is 1.19 bits per heavy atom. The number of rotatable bonds is 12. The van der Waals surface area contributed by atoms with E-state index in [4.69, 9.17) is 28.4 Å². The maximum atomic E-state index is 12.0. The molecule has 0 spiro atoms. The molecule has 0 aromatic carbocycles. The monoisotopic (exact) mass is 843 g/mol. The van der Waals surface area contributed by atoms with E-state index in [-0.39, 0.29) is 11.5 Å². The normalized spacial score (nSPS) is 53.4. The van der Waals surface area contributed by atoms with E-state index in [2.05, 4.69) is 34.6 Å². The van der Waals surface area contributed by atoms with Gasteiger partial charge in [-0.3, -0.25) is 0 Å². The zero-order chi connectivity index (χ0) is 42.7. The van der Waals surface area contributed by atoms with Gasteiger partial charge < -0.3 is 69.3 Å². The first-order valence-corrected chi connectivity index (χ1v) is 23.2. The Kier molecular flexibility index (Phi) is 14.6. The molecule has 4 saturated carbocycles. The lowest BCUT2D eigenvalue weighted by Gasteiger charge is -2.61. The van der Waals surface area contributed by atoms with Crippen LogP contribution in [0, 0.1) is 52.3 Å². The van der Waals surface area contributed by atoms with Gasteiger partial charge in [0.25, 0.3) is 0 Å². The first-order valence-electron chi connectivity index (χ1n) is 23.2. The first-order chi connectivity index (χ1) is 27.9. The van der Waals surface area contributed by atoms with Crippen LogP contribution in [-0.4, -0.2) is 146 Å². The Labute approximate surface area is 351 Å². The van der Waals surface area contributed by atoms with Crippen LogP contribution in [0.4, 0.5) is 0 Å². The number of hydrogen-bond donors (Lipinski definition) is 8. The van der Waals surface area contributed by atoms with Gasteiger partial charge in [0.1, 0.15) is 61.0 Å². The van der Waals surface area contributed by atoms with Gasteiger partial charge in [0.2, 0.25) is 0 Å². The van der Waals surface area contributed by atoms with E-state index in [9.17, 15) is 40.9 Å². The molecule has 7 aliphatic rings. The van der Waals surface area contributed by atoms with E-state index in [0.29, 0.717) is 17.3 Å². The topological polar surface area (TPSA) is 217 Å². The number of aliphatic hydroxyl groups excluding tert-OH is 8. The Morgan fingerprint density at radius 3 is 1.80 bits per heavy atom. The summed E-state index contributed by atoms with van der Waals surface area (Å²) in [5, 5.41) is 85.8. The molecule has 4 aliphatic carbocycles. The highest BCUT2D eigenvalue weighted by Crippen LogP contribution is 2.68. The highest BCUT2D eigenvalue weighted by atomic mass is 16.8. The third-order valence-electron chi connectivity index (χ3n) is 17.1. The summed E-state index contributed by atoms with van der Waals surface area (Å²) in [7, 11) is 0. The maximum Gasteiger partial charge on any atom is 0.187 e. The summed E-state index contributed by atoms with van der Waals surface area (Å²) in [6.45, 7) is 14.7. The van der Waals surface area contributed by atoms with Crippen LogP contribution < -0.4 is 0 Å². The summed E-state index contributed by atoms with van der Waals surface area (Å²) < 4.78 is 36.7. The van der Waals surface area contributed by atoms with Gasteiger partial charge in [0.15, 0.2) is 18.9 Å². The second kappa shape index (κ2) is 18.5. The van der Waals surface area contributed by atoms with Gasteiger partial charge in [-0.1, -0.05) is 53.9 Å². The molecule has 3 aliphatic heterocycles. The van der Waals surface area contributed by atoms with Crippen molar-refractivity contribution in [3.63, 3.8) is 0 Å². The SMILES string of the molecule is CC(C)CCC[C@@H](C)[C@H]1CC[C@H]2[C@@H]3CC[C@H]4C[C@@H](O[C@@H]5O[C@H](CO)[C@@H](O[C@@H]6O[C@@H](C)[C@H](O)[C@@H](O)[C@H]6O)[C@H](O)[C@H]5O[C@@H]5O[C@@H](C)[C@H](O)[C@@H](O)[C@H]5O)CC[C@]4(C)[C@H]3CC[C@]12C. The molecule has 0 bridgehead atoms. The van der Waals surface area contributed by atoms with Crippen LogP contribution in [0.15, 0.2) is 0 Å². The zero-order valence-corrected chi connectivity index (χ0v) is 36.5. The average Bonchev–Trinajstić information content (AvgIpc) is 3.56. The molecule has 0 unspecified atom stereocenters. The van der Waals surface area contributed by atoms with Crippen molar-refractivity contribution in [2.24, 2.45) is 52.3 Å². The van der Waals surface area contributed by atoms with Crippen molar-refractivity contribution in [2.75, 3.05) is 6.61 Å². The largest absolute Gasteiger partial charge is 0.394 e. The van der Waals surface area contributed by atoms with Crippen molar-refractivity contribution >= 4 is 0 Å². The highest BCUT2D eigenvalue weighted by Gasteiger charge is 2.61. The van der Waals surface area contributed by atoms with E-state index < -0.39 is 98.7 Å². The maximum absolute atomic E-state index is 12.0. The lowest BCUT2D eigenvalue weighted by Crippen LogP contribution is -2.66. The molecule has 0 aromatic heterocycles. The first kappa shape index (κ1) is 46.4. The van der Waals surface area contributed by atoms with Crippen LogP contribution in [0.5, 0.6) is 0 Å². The van der Waals surface area contributed by atoms with Crippen LogP contribution in [0.2, 0.25) is 0 Å². The van der Waals surface area contributed by atoms with E-state index in [1.54, 1.807) is 0 Å². The summed E-state index contributed by atoms with van der Waals surface area (Å²) in [6.07, 6.45) is -7.13. The summed E-state index contributed by atoms with van der Waals surface area (Å²) >= 11 is 0. The molecule has 0 amide bonds. The third kappa shape index (κ3) is 8.83. The lowest BCUT2D eigenvalue weighted by atomic mass is 9.44. The van der Waals surface area contributed by atoms with Gasteiger partial charge in [-0.15, -0.1) is 0 Å². The fraction of sp³-hybridized carbons (Fsp3) is 1.00. The summed E-state index contributed by atoms with van der Waals surface area (Å²) in [4.78, 5) is 0. The molecule has 59 heavy (non-hydrogen) atoms. The minimum atomic E-state index is -1.69. The van der Waals surface area contributed by atoms with Crippen LogP contribution in [0.3, 0.4) is 0 Å². The van der Waals surface area contributed by atoms with Crippen molar-refractivity contribution in [3.05, 3.63) is 0 Å². The van der Waals surface area contributed by atoms with E-state index in [1.807, 2.05) is 0 Å². The number of fused-ring (bicyclic) bond motifs is 5. The average molecular weight is 843 g/mol. The number of hydrogen-bond acceptors (Lipinski definition) is 14. The second-order valence-electron chi connectivity index (χ2n) is 21.0. The molecule has 342 valence electrons. The molecule has 14 heteroatoms. The second-order valence-corrected chi connectivity index (χ2v) is 21.0. The van der Waals surface area contributed by atoms with Crippen molar-refractivity contribution < 1.29 is 69.3 Å². The standard InChI is InChI=1S/C45H78O14/c1-21(2)9-8-10-22(3)28-13-14-29-27-12-11-25-19-26(15-17-44(25,6)30(27)16-18-45(28,29)7)56-43-40(59-42-37(52)35(50)33(48)24(5)55-42)38(53)39(31(20-46)57-43)58-41-36(51)34(49)32(47)23(4)54-41/h21-43,46-53H,8-20H2,1-7H3/t22-,23+,24+,25+,26+,27+,28-,29+,30+,31-,32+,33+,34-,35-,36-,37-,38+,39-,40-,41+,42+,43-,44+,45-/m1/s1. The fourth-order valence-corrected chi connectivity index (χ4v) is 13.6. The molecule has 14 nitrogen and oxygen atoms in total. The molecule has 24 atom stereocenters. The van der Waals surface area contributed by atoms with Gasteiger partial charge in [0.05, 0.1) is 24.9 Å².